The number of carbonyl (C=O) groups excluding carboxylic acids is 1. The van der Waals surface area contributed by atoms with Crippen molar-refractivity contribution in [2.75, 3.05) is 13.2 Å². The normalized spacial score (nSPS) is 10.7. The highest BCUT2D eigenvalue weighted by Crippen LogP contribution is 2.33. The van der Waals surface area contributed by atoms with Crippen molar-refractivity contribution in [1.82, 2.24) is 5.43 Å². The van der Waals surface area contributed by atoms with Gasteiger partial charge in [-0.1, -0.05) is 23.6 Å². The molecule has 0 bridgehead atoms. The lowest BCUT2D eigenvalue weighted by Crippen LogP contribution is -2.16. The molecule has 31 heavy (non-hydrogen) atoms. The molecule has 0 spiro atoms. The Kier molecular flexibility index (Phi) is 7.36. The van der Waals surface area contributed by atoms with Crippen LogP contribution in [0.2, 0.25) is 5.02 Å². The van der Waals surface area contributed by atoms with Gasteiger partial charge in [-0.05, 0) is 55.3 Å². The van der Waals surface area contributed by atoms with Gasteiger partial charge in [-0.3, -0.25) is 4.79 Å². The van der Waals surface area contributed by atoms with E-state index in [-0.39, 0.29) is 12.4 Å². The third-order valence-electron chi connectivity index (χ3n) is 4.20. The SMILES string of the molecule is C#CCOc1c(CC=C)cc(/C=N/NC(=O)c2cc3cc(Cl)ccc3o2)cc1OCC. The van der Waals surface area contributed by atoms with E-state index < -0.39 is 5.91 Å². The van der Waals surface area contributed by atoms with Crippen molar-refractivity contribution in [1.29, 1.82) is 0 Å². The van der Waals surface area contributed by atoms with Gasteiger partial charge in [0.25, 0.3) is 0 Å². The number of hydrogen-bond donors (Lipinski definition) is 1. The maximum absolute atomic E-state index is 12.4. The van der Waals surface area contributed by atoms with Crippen LogP contribution in [0.1, 0.15) is 28.6 Å². The van der Waals surface area contributed by atoms with Gasteiger partial charge in [0.15, 0.2) is 17.3 Å². The highest BCUT2D eigenvalue weighted by molar-refractivity contribution is 6.31. The van der Waals surface area contributed by atoms with E-state index in [1.165, 1.54) is 6.21 Å². The molecule has 0 radical (unpaired) electrons. The molecule has 0 aliphatic carbocycles. The van der Waals surface area contributed by atoms with Crippen LogP contribution < -0.4 is 14.9 Å². The molecule has 0 atom stereocenters. The number of terminal acetylenes is 1. The van der Waals surface area contributed by atoms with Crippen LogP contribution in [0.3, 0.4) is 0 Å². The summed E-state index contributed by atoms with van der Waals surface area (Å²) in [6.45, 7) is 6.23. The lowest BCUT2D eigenvalue weighted by molar-refractivity contribution is 0.0929. The minimum Gasteiger partial charge on any atom is -0.490 e. The van der Waals surface area contributed by atoms with Crippen LogP contribution in [-0.4, -0.2) is 25.3 Å². The van der Waals surface area contributed by atoms with Gasteiger partial charge in [-0.2, -0.15) is 5.10 Å². The molecule has 1 heterocycles. The topological polar surface area (TPSA) is 73.1 Å². The number of fused-ring (bicyclic) bond motifs is 1. The number of nitrogens with zero attached hydrogens (tertiary/aromatic N) is 1. The van der Waals surface area contributed by atoms with E-state index in [4.69, 9.17) is 31.9 Å². The molecule has 0 fully saturated rings. The first-order valence-electron chi connectivity index (χ1n) is 9.55. The predicted octanol–water partition coefficient (Wildman–Crippen LogP) is 4.99. The Balaban J connectivity index is 1.80. The zero-order valence-electron chi connectivity index (χ0n) is 17.0. The molecule has 0 aliphatic heterocycles. The van der Waals surface area contributed by atoms with Crippen LogP contribution in [0.15, 0.2) is 58.6 Å². The van der Waals surface area contributed by atoms with E-state index in [0.717, 1.165) is 10.9 Å². The number of allylic oxidation sites excluding steroid dienone is 1. The molecule has 2 aromatic carbocycles. The summed E-state index contributed by atoms with van der Waals surface area (Å²) in [5, 5.41) is 5.33. The fourth-order valence-corrected chi connectivity index (χ4v) is 3.13. The number of amides is 1. The molecule has 1 amide bonds. The van der Waals surface area contributed by atoms with Crippen molar-refractivity contribution in [2.45, 2.75) is 13.3 Å². The van der Waals surface area contributed by atoms with Crippen LogP contribution in [0, 0.1) is 12.3 Å². The first-order valence-corrected chi connectivity index (χ1v) is 9.92. The summed E-state index contributed by atoms with van der Waals surface area (Å²) in [7, 11) is 0. The zero-order valence-corrected chi connectivity index (χ0v) is 17.7. The molecule has 0 aliphatic rings. The van der Waals surface area contributed by atoms with Gasteiger partial charge in [0.1, 0.15) is 12.2 Å². The molecule has 0 unspecified atom stereocenters. The van der Waals surface area contributed by atoms with E-state index in [2.05, 4.69) is 23.0 Å². The van der Waals surface area contributed by atoms with Crippen LogP contribution in [0.4, 0.5) is 0 Å². The van der Waals surface area contributed by atoms with Crippen LogP contribution in [-0.2, 0) is 6.42 Å². The fourth-order valence-electron chi connectivity index (χ4n) is 2.95. The number of ether oxygens (including phenoxy) is 2. The van der Waals surface area contributed by atoms with Gasteiger partial charge in [0.05, 0.1) is 12.8 Å². The minimum absolute atomic E-state index is 0.121. The van der Waals surface area contributed by atoms with Crippen LogP contribution in [0.25, 0.3) is 11.0 Å². The standard InChI is InChI=1S/C24H21ClN2O4/c1-4-7-17-11-16(12-21(29-6-3)23(17)30-10-5-2)15-26-27-24(28)22-14-18-13-19(25)8-9-20(18)31-22/h2,4,8-9,11-15H,1,6-7,10H2,3H3,(H,27,28)/b26-15+. The average Bonchev–Trinajstić information content (AvgIpc) is 3.17. The number of rotatable bonds is 9. The summed E-state index contributed by atoms with van der Waals surface area (Å²) < 4.78 is 16.9. The Morgan fingerprint density at radius 3 is 2.90 bits per heavy atom. The van der Waals surface area contributed by atoms with Crippen LogP contribution in [0.5, 0.6) is 11.5 Å². The summed E-state index contributed by atoms with van der Waals surface area (Å²) in [5.74, 6) is 3.22. The lowest BCUT2D eigenvalue weighted by Gasteiger charge is -2.15. The number of benzene rings is 2. The van der Waals surface area contributed by atoms with Crippen molar-refractivity contribution >= 4 is 34.7 Å². The maximum atomic E-state index is 12.4. The number of nitrogens with one attached hydrogen (secondary N) is 1. The van der Waals surface area contributed by atoms with Gasteiger partial charge in [-0.15, -0.1) is 13.0 Å². The van der Waals surface area contributed by atoms with Crippen molar-refractivity contribution < 1.29 is 18.7 Å². The van der Waals surface area contributed by atoms with E-state index in [1.54, 1.807) is 36.4 Å². The zero-order chi connectivity index (χ0) is 22.2. The molecular formula is C24H21ClN2O4. The number of carbonyl (C=O) groups is 1. The second-order valence-electron chi connectivity index (χ2n) is 6.42. The Morgan fingerprint density at radius 1 is 1.32 bits per heavy atom. The van der Waals surface area contributed by atoms with Crippen molar-refractivity contribution in [3.63, 3.8) is 0 Å². The first-order chi connectivity index (χ1) is 15.0. The maximum Gasteiger partial charge on any atom is 0.307 e. The second kappa shape index (κ2) is 10.4. The van der Waals surface area contributed by atoms with E-state index in [9.17, 15) is 4.79 Å². The molecule has 0 saturated heterocycles. The smallest absolute Gasteiger partial charge is 0.307 e. The van der Waals surface area contributed by atoms with Gasteiger partial charge in [0.2, 0.25) is 0 Å². The molecule has 3 aromatic rings. The van der Waals surface area contributed by atoms with E-state index in [0.29, 0.717) is 40.7 Å². The summed E-state index contributed by atoms with van der Waals surface area (Å²) >= 11 is 5.97. The molecule has 158 valence electrons. The number of hydrazone groups is 1. The molecule has 0 saturated carbocycles. The number of halogens is 1. The summed E-state index contributed by atoms with van der Waals surface area (Å²) in [6.07, 6.45) is 9.13. The van der Waals surface area contributed by atoms with Crippen LogP contribution >= 0.6 is 11.6 Å². The summed E-state index contributed by atoms with van der Waals surface area (Å²) in [4.78, 5) is 12.4. The highest BCUT2D eigenvalue weighted by atomic mass is 35.5. The minimum atomic E-state index is -0.478. The van der Waals surface area contributed by atoms with E-state index in [1.807, 2.05) is 13.0 Å². The first kappa shape index (κ1) is 22.0. The quantitative estimate of drug-likeness (QED) is 0.222. The predicted molar refractivity (Wildman–Crippen MR) is 122 cm³/mol. The largest absolute Gasteiger partial charge is 0.490 e. The molecule has 1 N–H and O–H groups in total. The number of hydrogen-bond acceptors (Lipinski definition) is 5. The third kappa shape index (κ3) is 5.47. The molecular weight excluding hydrogens is 416 g/mol. The highest BCUT2D eigenvalue weighted by Gasteiger charge is 2.14. The van der Waals surface area contributed by atoms with Crippen molar-refractivity contribution in [2.24, 2.45) is 5.10 Å². The summed E-state index contributed by atoms with van der Waals surface area (Å²) in [6, 6.07) is 10.4. The Bertz CT molecular complexity index is 1170. The van der Waals surface area contributed by atoms with Crippen molar-refractivity contribution in [3.05, 3.63) is 71.0 Å². The fraction of sp³-hybridized carbons (Fsp3) is 0.167. The van der Waals surface area contributed by atoms with Gasteiger partial charge in [0, 0.05) is 16.0 Å². The Hall–Kier alpha value is -3.69. The third-order valence-corrected chi connectivity index (χ3v) is 4.43. The molecule has 7 heteroatoms. The summed E-state index contributed by atoms with van der Waals surface area (Å²) in [5.41, 5.74) is 4.58. The van der Waals surface area contributed by atoms with Gasteiger partial charge < -0.3 is 13.9 Å². The molecule has 1 aromatic heterocycles. The Labute approximate surface area is 185 Å². The second-order valence-corrected chi connectivity index (χ2v) is 6.85. The Morgan fingerprint density at radius 2 is 2.16 bits per heavy atom. The average molecular weight is 437 g/mol. The molecule has 3 rings (SSSR count). The monoisotopic (exact) mass is 436 g/mol. The van der Waals surface area contributed by atoms with Gasteiger partial charge >= 0.3 is 5.91 Å². The lowest BCUT2D eigenvalue weighted by atomic mass is 10.1. The molecule has 6 nitrogen and oxygen atoms in total. The number of furan rings is 1. The van der Waals surface area contributed by atoms with E-state index >= 15 is 0 Å². The van der Waals surface area contributed by atoms with Crippen molar-refractivity contribution in [3.8, 4) is 23.8 Å². The van der Waals surface area contributed by atoms with Gasteiger partial charge in [-0.25, -0.2) is 5.43 Å².